The smallest absolute Gasteiger partial charge is 0.335 e. The van der Waals surface area contributed by atoms with Gasteiger partial charge in [0.15, 0.2) is 0 Å². The Morgan fingerprint density at radius 1 is 1.56 bits per heavy atom. The fraction of sp³-hybridized carbons (Fsp3) is 0.462. The standard InChI is InChI=1S/C13H20N2O2S/c1-9(6-7-18-3)15(2)12-5-4-10(13(16)17)8-11(12)14/h4-5,8-9H,6-7,14H2,1-3H3,(H,16,17). The molecule has 4 nitrogen and oxygen atoms in total. The third-order valence-corrected chi connectivity index (χ3v) is 3.70. The minimum atomic E-state index is -0.952. The Bertz CT molecular complexity index is 423. The minimum absolute atomic E-state index is 0.224. The minimum Gasteiger partial charge on any atom is -0.478 e. The molecule has 0 saturated heterocycles. The first-order chi connectivity index (χ1) is 8.47. The lowest BCUT2D eigenvalue weighted by Crippen LogP contribution is -2.30. The quantitative estimate of drug-likeness (QED) is 0.776. The van der Waals surface area contributed by atoms with Crippen LogP contribution in [-0.4, -0.2) is 36.2 Å². The van der Waals surface area contributed by atoms with E-state index in [0.717, 1.165) is 17.9 Å². The summed E-state index contributed by atoms with van der Waals surface area (Å²) in [4.78, 5) is 12.9. The van der Waals surface area contributed by atoms with E-state index < -0.39 is 5.97 Å². The molecule has 1 atom stereocenters. The van der Waals surface area contributed by atoms with E-state index >= 15 is 0 Å². The van der Waals surface area contributed by atoms with E-state index in [0.29, 0.717) is 11.7 Å². The first-order valence-electron chi connectivity index (χ1n) is 5.82. The number of nitrogens with zero attached hydrogens (tertiary/aromatic N) is 1. The van der Waals surface area contributed by atoms with Crippen LogP contribution in [0.3, 0.4) is 0 Å². The lowest BCUT2D eigenvalue weighted by Gasteiger charge is -2.28. The van der Waals surface area contributed by atoms with Gasteiger partial charge in [-0.1, -0.05) is 0 Å². The average Bonchev–Trinajstić information content (AvgIpc) is 2.34. The molecule has 100 valence electrons. The van der Waals surface area contributed by atoms with Crippen LogP contribution in [0.15, 0.2) is 18.2 Å². The second kappa shape index (κ2) is 6.54. The second-order valence-electron chi connectivity index (χ2n) is 4.32. The maximum absolute atomic E-state index is 10.8. The Hall–Kier alpha value is -1.36. The van der Waals surface area contributed by atoms with Crippen LogP contribution in [0.4, 0.5) is 11.4 Å². The molecule has 18 heavy (non-hydrogen) atoms. The zero-order chi connectivity index (χ0) is 13.7. The van der Waals surface area contributed by atoms with Crippen molar-refractivity contribution in [1.29, 1.82) is 0 Å². The van der Waals surface area contributed by atoms with Gasteiger partial charge < -0.3 is 15.7 Å². The van der Waals surface area contributed by atoms with Crippen molar-refractivity contribution in [3.63, 3.8) is 0 Å². The van der Waals surface area contributed by atoms with Gasteiger partial charge in [-0.05, 0) is 43.6 Å². The molecule has 1 aromatic carbocycles. The molecule has 0 amide bonds. The molecule has 0 radical (unpaired) electrons. The highest BCUT2D eigenvalue weighted by atomic mass is 32.2. The number of carbonyl (C=O) groups is 1. The Kier molecular flexibility index (Phi) is 5.34. The number of hydrogen-bond acceptors (Lipinski definition) is 4. The second-order valence-corrected chi connectivity index (χ2v) is 5.31. The van der Waals surface area contributed by atoms with Crippen LogP contribution in [0.2, 0.25) is 0 Å². The first kappa shape index (κ1) is 14.7. The van der Waals surface area contributed by atoms with Crippen molar-refractivity contribution in [2.75, 3.05) is 29.7 Å². The summed E-state index contributed by atoms with van der Waals surface area (Å²) in [5.41, 5.74) is 7.53. The van der Waals surface area contributed by atoms with E-state index in [9.17, 15) is 4.79 Å². The van der Waals surface area contributed by atoms with Crippen molar-refractivity contribution < 1.29 is 9.90 Å². The summed E-state index contributed by atoms with van der Waals surface area (Å²) in [6.45, 7) is 2.14. The number of anilines is 2. The largest absolute Gasteiger partial charge is 0.478 e. The van der Waals surface area contributed by atoms with Crippen molar-refractivity contribution in [2.24, 2.45) is 0 Å². The fourth-order valence-electron chi connectivity index (χ4n) is 1.73. The fourth-order valence-corrected chi connectivity index (χ4v) is 2.31. The van der Waals surface area contributed by atoms with Crippen LogP contribution in [0.5, 0.6) is 0 Å². The molecule has 3 N–H and O–H groups in total. The Labute approximate surface area is 112 Å². The predicted molar refractivity (Wildman–Crippen MR) is 78.7 cm³/mol. The summed E-state index contributed by atoms with van der Waals surface area (Å²) < 4.78 is 0. The van der Waals surface area contributed by atoms with Gasteiger partial charge in [0.05, 0.1) is 16.9 Å². The number of thioether (sulfide) groups is 1. The molecule has 0 spiro atoms. The van der Waals surface area contributed by atoms with Gasteiger partial charge in [-0.15, -0.1) is 0 Å². The summed E-state index contributed by atoms with van der Waals surface area (Å²) in [6, 6.07) is 5.24. The number of nitrogen functional groups attached to an aromatic ring is 1. The Balaban J connectivity index is 2.86. The third kappa shape index (κ3) is 3.57. The number of rotatable bonds is 6. The molecule has 0 aromatic heterocycles. The monoisotopic (exact) mass is 268 g/mol. The molecule has 0 bridgehead atoms. The molecule has 0 aliphatic rings. The first-order valence-corrected chi connectivity index (χ1v) is 7.21. The zero-order valence-electron chi connectivity index (χ0n) is 11.0. The van der Waals surface area contributed by atoms with Crippen molar-refractivity contribution in [1.82, 2.24) is 0 Å². The summed E-state index contributed by atoms with van der Waals surface area (Å²) in [7, 11) is 1.98. The van der Waals surface area contributed by atoms with Crippen LogP contribution < -0.4 is 10.6 Å². The maximum Gasteiger partial charge on any atom is 0.335 e. The van der Waals surface area contributed by atoms with E-state index in [4.69, 9.17) is 10.8 Å². The van der Waals surface area contributed by atoms with E-state index in [1.54, 1.807) is 12.1 Å². The van der Waals surface area contributed by atoms with Crippen LogP contribution in [-0.2, 0) is 0 Å². The molecule has 1 unspecified atom stereocenters. The molecule has 5 heteroatoms. The van der Waals surface area contributed by atoms with E-state index in [2.05, 4.69) is 18.1 Å². The molecule has 0 fully saturated rings. The molecule has 1 rings (SSSR count). The van der Waals surface area contributed by atoms with Crippen molar-refractivity contribution in [3.05, 3.63) is 23.8 Å². The summed E-state index contributed by atoms with van der Waals surface area (Å²) in [5, 5.41) is 8.89. The van der Waals surface area contributed by atoms with E-state index in [-0.39, 0.29) is 5.56 Å². The van der Waals surface area contributed by atoms with Gasteiger partial charge in [0.25, 0.3) is 0 Å². The summed E-state index contributed by atoms with van der Waals surface area (Å²) >= 11 is 1.82. The Morgan fingerprint density at radius 2 is 2.22 bits per heavy atom. The van der Waals surface area contributed by atoms with Crippen LogP contribution in [0.25, 0.3) is 0 Å². The highest BCUT2D eigenvalue weighted by Gasteiger charge is 2.14. The number of benzene rings is 1. The van der Waals surface area contributed by atoms with E-state index in [1.165, 1.54) is 6.07 Å². The highest BCUT2D eigenvalue weighted by molar-refractivity contribution is 7.98. The van der Waals surface area contributed by atoms with Gasteiger partial charge in [0.2, 0.25) is 0 Å². The number of hydrogen-bond donors (Lipinski definition) is 2. The molecule has 0 saturated carbocycles. The summed E-state index contributed by atoms with van der Waals surface area (Å²) in [5.74, 6) is 0.143. The number of carboxylic acids is 1. The number of aromatic carboxylic acids is 1. The van der Waals surface area contributed by atoms with Gasteiger partial charge in [-0.25, -0.2) is 4.79 Å². The number of carboxylic acid groups (broad SMARTS) is 1. The molecule has 0 heterocycles. The van der Waals surface area contributed by atoms with Crippen LogP contribution >= 0.6 is 11.8 Å². The average molecular weight is 268 g/mol. The molecular weight excluding hydrogens is 248 g/mol. The molecule has 0 aliphatic heterocycles. The van der Waals surface area contributed by atoms with Crippen LogP contribution in [0.1, 0.15) is 23.7 Å². The topological polar surface area (TPSA) is 66.6 Å². The number of nitrogens with two attached hydrogens (primary N) is 1. The van der Waals surface area contributed by atoms with Crippen molar-refractivity contribution in [3.8, 4) is 0 Å². The van der Waals surface area contributed by atoms with Crippen molar-refractivity contribution >= 4 is 29.1 Å². The van der Waals surface area contributed by atoms with Gasteiger partial charge in [-0.3, -0.25) is 0 Å². The molecule has 0 aliphatic carbocycles. The van der Waals surface area contributed by atoms with Crippen molar-refractivity contribution in [2.45, 2.75) is 19.4 Å². The highest BCUT2D eigenvalue weighted by Crippen LogP contribution is 2.26. The van der Waals surface area contributed by atoms with Gasteiger partial charge >= 0.3 is 5.97 Å². The van der Waals surface area contributed by atoms with Gasteiger partial charge in [-0.2, -0.15) is 11.8 Å². The lowest BCUT2D eigenvalue weighted by molar-refractivity contribution is 0.0697. The summed E-state index contributed by atoms with van der Waals surface area (Å²) in [6.07, 6.45) is 3.15. The normalized spacial score (nSPS) is 12.2. The maximum atomic E-state index is 10.8. The van der Waals surface area contributed by atoms with Crippen LogP contribution in [0, 0.1) is 0 Å². The predicted octanol–water partition coefficient (Wildman–Crippen LogP) is 2.54. The van der Waals surface area contributed by atoms with E-state index in [1.807, 2.05) is 18.8 Å². The Morgan fingerprint density at radius 3 is 2.72 bits per heavy atom. The van der Waals surface area contributed by atoms with Gasteiger partial charge in [0.1, 0.15) is 0 Å². The van der Waals surface area contributed by atoms with Gasteiger partial charge in [0, 0.05) is 13.1 Å². The zero-order valence-corrected chi connectivity index (χ0v) is 11.8. The molecule has 1 aromatic rings. The third-order valence-electron chi connectivity index (χ3n) is 3.06. The molecular formula is C13H20N2O2S. The lowest BCUT2D eigenvalue weighted by atomic mass is 10.1. The SMILES string of the molecule is CSCCC(C)N(C)c1ccc(C(=O)O)cc1N.